The van der Waals surface area contributed by atoms with E-state index in [0.29, 0.717) is 17.2 Å². The summed E-state index contributed by atoms with van der Waals surface area (Å²) < 4.78 is 5.47. The van der Waals surface area contributed by atoms with Crippen LogP contribution in [0.3, 0.4) is 0 Å². The van der Waals surface area contributed by atoms with Gasteiger partial charge in [-0.3, -0.25) is 0 Å². The molecule has 0 saturated carbocycles. The van der Waals surface area contributed by atoms with Gasteiger partial charge in [-0.2, -0.15) is 5.26 Å². The first-order chi connectivity index (χ1) is 14.8. The highest BCUT2D eigenvalue weighted by molar-refractivity contribution is 7.11. The fourth-order valence-electron chi connectivity index (χ4n) is 3.13. The van der Waals surface area contributed by atoms with Gasteiger partial charge < -0.3 is 4.74 Å². The molecule has 3 aromatic carbocycles. The second-order valence-electron chi connectivity index (χ2n) is 6.65. The molecule has 0 radical (unpaired) electrons. The van der Waals surface area contributed by atoms with Crippen LogP contribution in [-0.2, 0) is 0 Å². The Morgan fingerprint density at radius 1 is 0.933 bits per heavy atom. The third-order valence-electron chi connectivity index (χ3n) is 4.64. The van der Waals surface area contributed by atoms with Crippen LogP contribution >= 0.6 is 11.3 Å². The van der Waals surface area contributed by atoms with Crippen molar-refractivity contribution in [1.82, 2.24) is 4.98 Å². The van der Waals surface area contributed by atoms with Gasteiger partial charge >= 0.3 is 0 Å². The molecule has 0 aliphatic carbocycles. The lowest BCUT2D eigenvalue weighted by atomic mass is 10.0. The van der Waals surface area contributed by atoms with Crippen molar-refractivity contribution in [3.8, 4) is 34.2 Å². The molecule has 0 N–H and O–H groups in total. The summed E-state index contributed by atoms with van der Waals surface area (Å²) >= 11 is 1.48. The van der Waals surface area contributed by atoms with Crippen molar-refractivity contribution in [2.45, 2.75) is 6.92 Å². The number of benzene rings is 3. The normalized spacial score (nSPS) is 11.1. The topological polar surface area (TPSA) is 45.9 Å². The SMILES string of the molecule is CCOc1ccc(/C=C(/C#N)c2nc(-c3ccc(-c4ccccc4)cc3)cs2)cc1. The fraction of sp³-hybridized carbons (Fsp3) is 0.0769. The Hall–Kier alpha value is -3.68. The molecule has 1 heterocycles. The Bertz CT molecular complexity index is 1180. The Balaban J connectivity index is 1.56. The summed E-state index contributed by atoms with van der Waals surface area (Å²) in [5.74, 6) is 0.823. The maximum absolute atomic E-state index is 9.65. The summed E-state index contributed by atoms with van der Waals surface area (Å²) in [6.45, 7) is 2.59. The molecule has 0 atom stereocenters. The monoisotopic (exact) mass is 408 g/mol. The van der Waals surface area contributed by atoms with E-state index in [-0.39, 0.29) is 0 Å². The number of nitrogens with zero attached hydrogens (tertiary/aromatic N) is 2. The minimum absolute atomic E-state index is 0.552. The number of rotatable bonds is 6. The number of hydrogen-bond donors (Lipinski definition) is 0. The van der Waals surface area contributed by atoms with Crippen molar-refractivity contribution >= 4 is 23.0 Å². The first kappa shape index (κ1) is 19.6. The maximum Gasteiger partial charge on any atom is 0.134 e. The van der Waals surface area contributed by atoms with E-state index in [1.54, 1.807) is 0 Å². The Morgan fingerprint density at radius 2 is 1.60 bits per heavy atom. The lowest BCUT2D eigenvalue weighted by molar-refractivity contribution is 0.340. The van der Waals surface area contributed by atoms with Crippen LogP contribution in [0.2, 0.25) is 0 Å². The van der Waals surface area contributed by atoms with Crippen molar-refractivity contribution in [3.63, 3.8) is 0 Å². The van der Waals surface area contributed by atoms with Gasteiger partial charge in [0.15, 0.2) is 0 Å². The number of allylic oxidation sites excluding steroid dienone is 1. The van der Waals surface area contributed by atoms with Crippen molar-refractivity contribution in [2.75, 3.05) is 6.61 Å². The van der Waals surface area contributed by atoms with Gasteiger partial charge in [0.25, 0.3) is 0 Å². The van der Waals surface area contributed by atoms with Crippen LogP contribution in [0.25, 0.3) is 34.0 Å². The van der Waals surface area contributed by atoms with Gasteiger partial charge in [-0.05, 0) is 41.8 Å². The van der Waals surface area contributed by atoms with Crippen LogP contribution in [0.1, 0.15) is 17.5 Å². The molecule has 0 unspecified atom stereocenters. The molecule has 146 valence electrons. The summed E-state index contributed by atoms with van der Waals surface area (Å²) in [5, 5.41) is 12.4. The summed E-state index contributed by atoms with van der Waals surface area (Å²) in [6, 6.07) is 28.6. The molecular weight excluding hydrogens is 388 g/mol. The maximum atomic E-state index is 9.65. The summed E-state index contributed by atoms with van der Waals surface area (Å²) in [7, 11) is 0. The second kappa shape index (κ2) is 9.21. The van der Waals surface area contributed by atoms with Gasteiger partial charge in [0, 0.05) is 10.9 Å². The Morgan fingerprint density at radius 3 is 2.27 bits per heavy atom. The predicted molar refractivity (Wildman–Crippen MR) is 124 cm³/mol. The van der Waals surface area contributed by atoms with Crippen LogP contribution in [0, 0.1) is 11.3 Å². The molecule has 0 bridgehead atoms. The van der Waals surface area contributed by atoms with Gasteiger partial charge in [0.1, 0.15) is 16.8 Å². The number of aromatic nitrogens is 1. The number of thiazole rings is 1. The molecule has 1 aromatic heterocycles. The van der Waals surface area contributed by atoms with E-state index in [0.717, 1.165) is 22.6 Å². The first-order valence-electron chi connectivity index (χ1n) is 9.73. The lowest BCUT2D eigenvalue weighted by Gasteiger charge is -2.03. The number of hydrogen-bond acceptors (Lipinski definition) is 4. The molecule has 0 fully saturated rings. The van der Waals surface area contributed by atoms with Gasteiger partial charge in [0.2, 0.25) is 0 Å². The highest BCUT2D eigenvalue weighted by Crippen LogP contribution is 2.29. The van der Waals surface area contributed by atoms with Gasteiger partial charge in [-0.1, -0.05) is 66.7 Å². The molecule has 3 nitrogen and oxygen atoms in total. The largest absolute Gasteiger partial charge is 0.494 e. The molecule has 4 heteroatoms. The number of nitriles is 1. The molecule has 0 aliphatic rings. The van der Waals surface area contributed by atoms with Crippen LogP contribution in [0.15, 0.2) is 84.2 Å². The molecule has 0 saturated heterocycles. The second-order valence-corrected chi connectivity index (χ2v) is 7.51. The molecular formula is C26H20N2OS. The highest BCUT2D eigenvalue weighted by atomic mass is 32.1. The summed E-state index contributed by atoms with van der Waals surface area (Å²) in [6.07, 6.45) is 1.86. The van der Waals surface area contributed by atoms with Gasteiger partial charge in [0.05, 0.1) is 17.9 Å². The predicted octanol–water partition coefficient (Wildman–Crippen LogP) is 6.94. The van der Waals surface area contributed by atoms with Crippen LogP contribution < -0.4 is 4.74 Å². The molecule has 0 spiro atoms. The van der Waals surface area contributed by atoms with E-state index in [2.05, 4.69) is 42.5 Å². The summed E-state index contributed by atoms with van der Waals surface area (Å²) in [5.41, 5.74) is 5.77. The lowest BCUT2D eigenvalue weighted by Crippen LogP contribution is -1.90. The molecule has 30 heavy (non-hydrogen) atoms. The minimum atomic E-state index is 0.552. The third kappa shape index (κ3) is 4.48. The first-order valence-corrected chi connectivity index (χ1v) is 10.6. The van der Waals surface area contributed by atoms with E-state index in [1.165, 1.54) is 22.5 Å². The zero-order valence-corrected chi connectivity index (χ0v) is 17.4. The van der Waals surface area contributed by atoms with E-state index in [9.17, 15) is 5.26 Å². The molecule has 4 rings (SSSR count). The summed E-state index contributed by atoms with van der Waals surface area (Å²) in [4.78, 5) is 4.70. The minimum Gasteiger partial charge on any atom is -0.494 e. The van der Waals surface area contributed by atoms with Crippen molar-refractivity contribution in [1.29, 1.82) is 5.26 Å². The van der Waals surface area contributed by atoms with Crippen LogP contribution in [0.4, 0.5) is 0 Å². The molecule has 0 amide bonds. The fourth-order valence-corrected chi connectivity index (χ4v) is 3.92. The average Bonchev–Trinajstić information content (AvgIpc) is 3.29. The van der Waals surface area contributed by atoms with E-state index >= 15 is 0 Å². The van der Waals surface area contributed by atoms with E-state index in [4.69, 9.17) is 9.72 Å². The third-order valence-corrected chi connectivity index (χ3v) is 5.52. The van der Waals surface area contributed by atoms with Crippen molar-refractivity contribution in [2.24, 2.45) is 0 Å². The smallest absolute Gasteiger partial charge is 0.134 e. The van der Waals surface area contributed by atoms with E-state index in [1.807, 2.05) is 60.8 Å². The number of ether oxygens (including phenoxy) is 1. The highest BCUT2D eigenvalue weighted by Gasteiger charge is 2.10. The zero-order chi connectivity index (χ0) is 20.8. The Kier molecular flexibility index (Phi) is 6.03. The quantitative estimate of drug-likeness (QED) is 0.325. The van der Waals surface area contributed by atoms with Gasteiger partial charge in [-0.15, -0.1) is 11.3 Å². The molecule has 4 aromatic rings. The van der Waals surface area contributed by atoms with Crippen molar-refractivity contribution < 1.29 is 4.74 Å². The van der Waals surface area contributed by atoms with Gasteiger partial charge in [-0.25, -0.2) is 4.98 Å². The van der Waals surface area contributed by atoms with Crippen LogP contribution in [0.5, 0.6) is 5.75 Å². The standard InChI is InChI=1S/C26H20N2OS/c1-2-29-24-14-8-19(9-15-24)16-23(17-27)26-28-25(18-30-26)22-12-10-21(11-13-22)20-6-4-3-5-7-20/h3-16,18H,2H2,1H3/b23-16-. The Labute approximate surface area is 180 Å². The van der Waals surface area contributed by atoms with Crippen LogP contribution in [-0.4, -0.2) is 11.6 Å². The zero-order valence-electron chi connectivity index (χ0n) is 16.6. The average molecular weight is 409 g/mol. The molecule has 0 aliphatic heterocycles. The van der Waals surface area contributed by atoms with Crippen molar-refractivity contribution in [3.05, 3.63) is 94.8 Å². The van der Waals surface area contributed by atoms with E-state index < -0.39 is 0 Å².